The predicted octanol–water partition coefficient (Wildman–Crippen LogP) is 4.45. The molecular weight excluding hydrogens is 757 g/mol. The Kier molecular flexibility index (Phi) is 13.6. The van der Waals surface area contributed by atoms with E-state index < -0.39 is 47.8 Å². The summed E-state index contributed by atoms with van der Waals surface area (Å²) in [7, 11) is 0. The summed E-state index contributed by atoms with van der Waals surface area (Å²) < 4.78 is 95.8. The second-order valence-electron chi connectivity index (χ2n) is 10.9. The third-order valence-electron chi connectivity index (χ3n) is 7.00. The zero-order valence-corrected chi connectivity index (χ0v) is 31.1. The number of pyridine rings is 2. The van der Waals surface area contributed by atoms with Crippen molar-refractivity contribution >= 4 is 51.6 Å². The number of aromatic nitrogens is 6. The molecule has 0 aliphatic carbocycles. The molecular formula is C34H28F6N6NaO8. The minimum absolute atomic E-state index is 0. The van der Waals surface area contributed by atoms with E-state index in [1.807, 2.05) is 0 Å². The van der Waals surface area contributed by atoms with Gasteiger partial charge in [0.05, 0.1) is 35.4 Å². The Morgan fingerprint density at radius 1 is 0.545 bits per heavy atom. The standard InChI is InChI=1S/2C17H14F3N3O4.Na/c2*1-2-26-16-22-14-12(7-8-13(24)21-14)15(25)23(16)10-3-5-11(6-4-10)27-9-17(18,19)20;/h2*3-8H,2,9H2,1H3,(H,21,24);. The van der Waals surface area contributed by atoms with Crippen LogP contribution >= 0.6 is 0 Å². The number of nitrogens with one attached hydrogen (secondary N) is 2. The van der Waals surface area contributed by atoms with Gasteiger partial charge in [0.25, 0.3) is 11.1 Å². The van der Waals surface area contributed by atoms with E-state index in [1.165, 1.54) is 72.8 Å². The first-order valence-corrected chi connectivity index (χ1v) is 15.7. The maximum atomic E-state index is 12.8. The third-order valence-corrected chi connectivity index (χ3v) is 7.00. The Morgan fingerprint density at radius 2 is 0.891 bits per heavy atom. The van der Waals surface area contributed by atoms with E-state index in [0.717, 1.165) is 9.13 Å². The molecule has 285 valence electrons. The number of fused-ring (bicyclic) bond motifs is 2. The van der Waals surface area contributed by atoms with Crippen molar-refractivity contribution in [2.45, 2.75) is 26.2 Å². The number of ether oxygens (including phenoxy) is 4. The van der Waals surface area contributed by atoms with Crippen LogP contribution in [-0.2, 0) is 0 Å². The van der Waals surface area contributed by atoms with Crippen molar-refractivity contribution in [1.82, 2.24) is 29.1 Å². The molecule has 0 saturated carbocycles. The van der Waals surface area contributed by atoms with Gasteiger partial charge in [0.15, 0.2) is 24.5 Å². The van der Waals surface area contributed by atoms with E-state index in [2.05, 4.69) is 29.4 Å². The van der Waals surface area contributed by atoms with Crippen molar-refractivity contribution < 1.29 is 45.3 Å². The normalized spacial score (nSPS) is 11.3. The second kappa shape index (κ2) is 17.7. The fourth-order valence-electron chi connectivity index (χ4n) is 4.78. The fourth-order valence-corrected chi connectivity index (χ4v) is 4.78. The smallest absolute Gasteiger partial charge is 0.422 e. The molecule has 6 rings (SSSR count). The van der Waals surface area contributed by atoms with Gasteiger partial charge in [-0.2, -0.15) is 36.3 Å². The summed E-state index contributed by atoms with van der Waals surface area (Å²) in [6, 6.07) is 15.8. The number of benzene rings is 2. The van der Waals surface area contributed by atoms with Crippen LogP contribution in [0.1, 0.15) is 13.8 Å². The molecule has 0 saturated heterocycles. The van der Waals surface area contributed by atoms with E-state index in [1.54, 1.807) is 13.8 Å². The van der Waals surface area contributed by atoms with Crippen LogP contribution in [0.5, 0.6) is 23.5 Å². The predicted molar refractivity (Wildman–Crippen MR) is 187 cm³/mol. The van der Waals surface area contributed by atoms with Crippen LogP contribution in [0.4, 0.5) is 26.3 Å². The zero-order valence-electron chi connectivity index (χ0n) is 29.1. The van der Waals surface area contributed by atoms with E-state index >= 15 is 0 Å². The van der Waals surface area contributed by atoms with Crippen molar-refractivity contribution in [3.05, 3.63) is 114 Å². The molecule has 2 aromatic carbocycles. The van der Waals surface area contributed by atoms with Crippen molar-refractivity contribution in [1.29, 1.82) is 0 Å². The summed E-state index contributed by atoms with van der Waals surface area (Å²) in [5.41, 5.74) is -1.02. The van der Waals surface area contributed by atoms with Crippen LogP contribution in [0.3, 0.4) is 0 Å². The number of halogens is 6. The quantitative estimate of drug-likeness (QED) is 0.149. The van der Waals surface area contributed by atoms with Gasteiger partial charge in [-0.1, -0.05) is 0 Å². The van der Waals surface area contributed by atoms with Gasteiger partial charge in [-0.25, -0.2) is 9.13 Å². The molecule has 2 N–H and O–H groups in total. The number of rotatable bonds is 10. The first kappa shape index (κ1) is 42.1. The van der Waals surface area contributed by atoms with Crippen LogP contribution in [0.15, 0.2) is 92.0 Å². The van der Waals surface area contributed by atoms with Crippen molar-refractivity contribution in [3.8, 4) is 34.9 Å². The number of nitrogens with zero attached hydrogens (tertiary/aromatic N) is 4. The first-order chi connectivity index (χ1) is 25.6. The zero-order chi connectivity index (χ0) is 39.2. The van der Waals surface area contributed by atoms with Crippen molar-refractivity contribution in [2.75, 3.05) is 26.4 Å². The van der Waals surface area contributed by atoms with Gasteiger partial charge < -0.3 is 28.9 Å². The van der Waals surface area contributed by atoms with Gasteiger partial charge in [-0.15, -0.1) is 0 Å². The van der Waals surface area contributed by atoms with Crippen LogP contribution < -0.4 is 41.2 Å². The molecule has 4 aromatic heterocycles. The number of alkyl halides is 6. The third kappa shape index (κ3) is 10.8. The average Bonchev–Trinajstić information content (AvgIpc) is 3.10. The van der Waals surface area contributed by atoms with Gasteiger partial charge in [0.1, 0.15) is 11.5 Å². The molecule has 0 spiro atoms. The molecule has 21 heteroatoms. The van der Waals surface area contributed by atoms with Gasteiger partial charge in [0, 0.05) is 41.7 Å². The minimum atomic E-state index is -4.45. The molecule has 1 radical (unpaired) electrons. The minimum Gasteiger partial charge on any atom is -0.484 e. The number of H-pyrrole nitrogens is 2. The van der Waals surface area contributed by atoms with Gasteiger partial charge in [0.2, 0.25) is 11.1 Å². The molecule has 0 atom stereocenters. The van der Waals surface area contributed by atoms with Crippen LogP contribution in [-0.4, -0.2) is 97.4 Å². The molecule has 55 heavy (non-hydrogen) atoms. The number of hydrogen-bond donors (Lipinski definition) is 2. The molecule has 0 unspecified atom stereocenters. The largest absolute Gasteiger partial charge is 0.484 e. The number of hydrogen-bond acceptors (Lipinski definition) is 10. The van der Waals surface area contributed by atoms with Crippen LogP contribution in [0.2, 0.25) is 0 Å². The summed E-state index contributed by atoms with van der Waals surface area (Å²) in [5, 5.41) is 0.325. The number of aromatic amines is 2. The summed E-state index contributed by atoms with van der Waals surface area (Å²) in [6.45, 7) is 0.983. The summed E-state index contributed by atoms with van der Waals surface area (Å²) in [5.74, 6) is 0.000300. The first-order valence-electron chi connectivity index (χ1n) is 15.7. The maximum Gasteiger partial charge on any atom is 0.422 e. The summed E-state index contributed by atoms with van der Waals surface area (Å²) in [4.78, 5) is 61.8. The Labute approximate surface area is 326 Å². The second-order valence-corrected chi connectivity index (χ2v) is 10.9. The van der Waals surface area contributed by atoms with Gasteiger partial charge in [-0.3, -0.25) is 19.2 Å². The van der Waals surface area contributed by atoms with E-state index in [-0.39, 0.29) is 88.4 Å². The summed E-state index contributed by atoms with van der Waals surface area (Å²) in [6.07, 6.45) is -8.89. The molecule has 0 bridgehead atoms. The van der Waals surface area contributed by atoms with Crippen LogP contribution in [0.25, 0.3) is 33.4 Å². The molecule has 0 fully saturated rings. The SMILES string of the molecule is CCOc1nc2[nH]c(=O)ccc2c(=O)n1-c1ccc(OCC(F)(F)F)cc1.CCOc1nc2[nH]c(=O)ccc2c(=O)n1-c1ccc(OCC(F)(F)F)cc1.[Na]. The van der Waals surface area contributed by atoms with Crippen molar-refractivity contribution in [3.63, 3.8) is 0 Å². The average molecular weight is 786 g/mol. The van der Waals surface area contributed by atoms with Crippen molar-refractivity contribution in [2.24, 2.45) is 0 Å². The summed E-state index contributed by atoms with van der Waals surface area (Å²) >= 11 is 0. The fraction of sp³-hybridized carbons (Fsp3) is 0.235. The van der Waals surface area contributed by atoms with E-state index in [0.29, 0.717) is 11.4 Å². The molecule has 0 amide bonds. The molecule has 4 heterocycles. The van der Waals surface area contributed by atoms with Crippen LogP contribution in [0, 0.1) is 0 Å². The Bertz CT molecular complexity index is 2330. The molecule has 0 aliphatic rings. The molecule has 6 aromatic rings. The van der Waals surface area contributed by atoms with Gasteiger partial charge in [-0.05, 0) is 74.5 Å². The maximum absolute atomic E-state index is 12.8. The molecule has 14 nitrogen and oxygen atoms in total. The Hall–Kier alpha value is -5.60. The van der Waals surface area contributed by atoms with E-state index in [9.17, 15) is 45.5 Å². The van der Waals surface area contributed by atoms with E-state index in [4.69, 9.17) is 9.47 Å². The topological polar surface area (TPSA) is 172 Å². The monoisotopic (exact) mass is 785 g/mol. The molecule has 0 aliphatic heterocycles. The Morgan fingerprint density at radius 3 is 1.20 bits per heavy atom. The Balaban J connectivity index is 0.000000240. The van der Waals surface area contributed by atoms with Gasteiger partial charge >= 0.3 is 24.4 Å².